The maximum absolute atomic E-state index is 5.64. The van der Waals surface area contributed by atoms with Crippen LogP contribution in [0.1, 0.15) is 0 Å². The Morgan fingerprint density at radius 2 is 0.512 bits per heavy atom. The molecule has 0 atom stereocenters. The second kappa shape index (κ2) is 20.8. The minimum Gasteiger partial charge on any atom is -0.306 e. The van der Waals surface area contributed by atoms with Crippen molar-refractivity contribution in [3.05, 3.63) is 285 Å². The van der Waals surface area contributed by atoms with Crippen LogP contribution in [0.15, 0.2) is 285 Å². The molecule has 376 valence electrons. The highest BCUT2D eigenvalue weighted by atomic mass is 15.3. The first kappa shape index (κ1) is 47.4. The van der Waals surface area contributed by atoms with Gasteiger partial charge in [0.2, 0.25) is 5.95 Å². The van der Waals surface area contributed by atoms with Crippen molar-refractivity contribution in [2.24, 2.45) is 0 Å². The highest BCUT2D eigenvalue weighted by molar-refractivity contribution is 6.07. The van der Waals surface area contributed by atoms with Crippen LogP contribution in [0.5, 0.6) is 0 Å². The number of hydrogen-bond acceptors (Lipinski definition) is 9. The molecule has 4 heterocycles. The van der Waals surface area contributed by atoms with Crippen LogP contribution in [0.25, 0.3) is 102 Å². The average molecular weight is 1030 g/mol. The number of benzene rings is 10. The average Bonchev–Trinajstić information content (AvgIpc) is 3.66. The third-order valence-corrected chi connectivity index (χ3v) is 14.3. The normalized spacial score (nSPS) is 11.7. The van der Waals surface area contributed by atoms with Crippen LogP contribution in [0.2, 0.25) is 0 Å². The number of hydrogen-bond donors (Lipinski definition) is 0. The Labute approximate surface area is 463 Å². The first-order valence-corrected chi connectivity index (χ1v) is 26.6. The third-order valence-electron chi connectivity index (χ3n) is 14.3. The maximum Gasteiger partial charge on any atom is 0.235 e. The van der Waals surface area contributed by atoms with E-state index in [0.717, 1.165) is 101 Å². The van der Waals surface area contributed by atoms with Gasteiger partial charge in [0.05, 0.1) is 51.2 Å². The van der Waals surface area contributed by atoms with Gasteiger partial charge in [0, 0.05) is 50.1 Å². The van der Waals surface area contributed by atoms with Gasteiger partial charge in [-0.25, -0.2) is 34.9 Å². The van der Waals surface area contributed by atoms with Crippen LogP contribution >= 0.6 is 0 Å². The van der Waals surface area contributed by atoms with E-state index >= 15 is 0 Å². The largest absolute Gasteiger partial charge is 0.306 e. The van der Waals surface area contributed by atoms with Crippen LogP contribution < -0.4 is 9.80 Å². The number of fused-ring (bicyclic) bond motifs is 2. The van der Waals surface area contributed by atoms with Gasteiger partial charge < -0.3 is 4.90 Å². The second-order valence-electron chi connectivity index (χ2n) is 19.3. The zero-order valence-electron chi connectivity index (χ0n) is 43.2. The van der Waals surface area contributed by atoms with Crippen LogP contribution in [-0.4, -0.2) is 34.9 Å². The van der Waals surface area contributed by atoms with Gasteiger partial charge in [-0.05, 0) is 54.1 Å². The van der Waals surface area contributed by atoms with Crippen molar-refractivity contribution in [1.82, 2.24) is 34.9 Å². The predicted molar refractivity (Wildman–Crippen MR) is 323 cm³/mol. The van der Waals surface area contributed by atoms with Gasteiger partial charge in [-0.3, -0.25) is 4.90 Å². The summed E-state index contributed by atoms with van der Waals surface area (Å²) in [5.41, 5.74) is 16.6. The number of nitrogens with zero attached hydrogens (tertiary/aromatic N) is 9. The van der Waals surface area contributed by atoms with Gasteiger partial charge in [-0.15, -0.1) is 0 Å². The molecule has 0 spiro atoms. The predicted octanol–water partition coefficient (Wildman–Crippen LogP) is 17.7. The van der Waals surface area contributed by atoms with Crippen LogP contribution in [0, 0.1) is 0 Å². The lowest BCUT2D eigenvalue weighted by Gasteiger charge is -2.40. The quantitative estimate of drug-likeness (QED) is 0.125. The molecule has 0 fully saturated rings. The Balaban J connectivity index is 1.07. The van der Waals surface area contributed by atoms with Gasteiger partial charge in [-0.1, -0.05) is 237 Å². The molecule has 9 nitrogen and oxygen atoms in total. The maximum atomic E-state index is 5.64. The molecule has 3 aromatic heterocycles. The van der Waals surface area contributed by atoms with E-state index in [1.807, 2.05) is 140 Å². The smallest absolute Gasteiger partial charge is 0.235 e. The standard InChI is InChI=1S/C71H47N9/c1-8-26-48(27-9-1)56-47-59(73-67(72-56)52-34-16-5-17-35-52)66-64(45-44-55(65(66)51-32-14-4-15-33-51)70-77-68(53-36-18-6-19-37-53)76-69(78-70)54-38-20-7-21-39-54)79-60-40-22-24-42-62(60)80(63-43-25-23-41-61(63)79)71-74-57(49-28-10-2-11-29-49)46-58(75-71)50-30-12-3-13-31-50/h1-47H. The molecule has 0 saturated heterocycles. The lowest BCUT2D eigenvalue weighted by Crippen LogP contribution is -2.26. The van der Waals surface area contributed by atoms with Gasteiger partial charge in [0.25, 0.3) is 0 Å². The number of para-hydroxylation sites is 4. The molecule has 0 saturated carbocycles. The lowest BCUT2D eigenvalue weighted by atomic mass is 9.89. The molecule has 0 amide bonds. The van der Waals surface area contributed by atoms with Crippen LogP contribution in [0.4, 0.5) is 34.4 Å². The highest BCUT2D eigenvalue weighted by Gasteiger charge is 2.35. The molecule has 14 rings (SSSR count). The van der Waals surface area contributed by atoms with Crippen molar-refractivity contribution in [3.63, 3.8) is 0 Å². The summed E-state index contributed by atoms with van der Waals surface area (Å²) in [5, 5.41) is 0. The zero-order valence-corrected chi connectivity index (χ0v) is 43.2. The van der Waals surface area contributed by atoms with Gasteiger partial charge >= 0.3 is 0 Å². The molecule has 0 N–H and O–H groups in total. The van der Waals surface area contributed by atoms with E-state index < -0.39 is 0 Å². The summed E-state index contributed by atoms with van der Waals surface area (Å²) in [5.74, 6) is 2.77. The molecule has 80 heavy (non-hydrogen) atoms. The van der Waals surface area contributed by atoms with Crippen molar-refractivity contribution in [2.45, 2.75) is 0 Å². The van der Waals surface area contributed by atoms with Crippen LogP contribution in [-0.2, 0) is 0 Å². The molecule has 0 unspecified atom stereocenters. The summed E-state index contributed by atoms with van der Waals surface area (Å²) >= 11 is 0. The summed E-state index contributed by atoms with van der Waals surface area (Å²) in [6.07, 6.45) is 0. The lowest BCUT2D eigenvalue weighted by molar-refractivity contribution is 1.06. The number of rotatable bonds is 11. The zero-order chi connectivity index (χ0) is 53.2. The van der Waals surface area contributed by atoms with Crippen LogP contribution in [0.3, 0.4) is 0 Å². The van der Waals surface area contributed by atoms with Gasteiger partial charge in [-0.2, -0.15) is 0 Å². The van der Waals surface area contributed by atoms with Gasteiger partial charge in [0.1, 0.15) is 0 Å². The third kappa shape index (κ3) is 9.00. The van der Waals surface area contributed by atoms with Crippen molar-refractivity contribution in [2.75, 3.05) is 9.80 Å². The van der Waals surface area contributed by atoms with E-state index in [1.54, 1.807) is 0 Å². The SMILES string of the molecule is c1ccc(-c2cc(-c3c(N4c5ccccc5N(c5nc(-c6ccccc6)cc(-c6ccccc6)n5)c5ccccc54)ccc(-c4nc(-c5ccccc5)nc(-c5ccccc5)n4)c3-c3ccccc3)nc(-c3ccccc3)n2)cc1. The minimum absolute atomic E-state index is 0.514. The summed E-state index contributed by atoms with van der Waals surface area (Å²) in [7, 11) is 0. The van der Waals surface area contributed by atoms with E-state index in [9.17, 15) is 0 Å². The topological polar surface area (TPSA) is 96.7 Å². The second-order valence-corrected chi connectivity index (χ2v) is 19.3. The Morgan fingerprint density at radius 3 is 0.938 bits per heavy atom. The van der Waals surface area contributed by atoms with Crippen molar-refractivity contribution in [1.29, 1.82) is 0 Å². The molecule has 1 aliphatic rings. The fraction of sp³-hybridized carbons (Fsp3) is 0. The molecule has 0 radical (unpaired) electrons. The molecule has 0 aliphatic carbocycles. The van der Waals surface area contributed by atoms with E-state index in [-0.39, 0.29) is 0 Å². The number of aromatic nitrogens is 7. The Bertz CT molecular complexity index is 4120. The summed E-state index contributed by atoms with van der Waals surface area (Å²) in [6, 6.07) is 97.4. The van der Waals surface area contributed by atoms with Gasteiger partial charge in [0.15, 0.2) is 23.3 Å². The van der Waals surface area contributed by atoms with E-state index in [1.165, 1.54) is 0 Å². The molecule has 10 aromatic carbocycles. The monoisotopic (exact) mass is 1030 g/mol. The summed E-state index contributed by atoms with van der Waals surface area (Å²) in [4.78, 5) is 42.2. The Morgan fingerprint density at radius 1 is 0.200 bits per heavy atom. The van der Waals surface area contributed by atoms with E-state index in [4.69, 9.17) is 34.9 Å². The Kier molecular flexibility index (Phi) is 12.3. The molecular formula is C71H47N9. The molecule has 1 aliphatic heterocycles. The van der Waals surface area contributed by atoms with E-state index in [2.05, 4.69) is 155 Å². The first-order valence-electron chi connectivity index (χ1n) is 26.6. The summed E-state index contributed by atoms with van der Waals surface area (Å²) < 4.78 is 0. The molecule has 0 bridgehead atoms. The number of anilines is 6. The van der Waals surface area contributed by atoms with Crippen molar-refractivity contribution >= 4 is 34.4 Å². The molecule has 9 heteroatoms. The van der Waals surface area contributed by atoms with Crippen molar-refractivity contribution in [3.8, 4) is 102 Å². The van der Waals surface area contributed by atoms with Crippen molar-refractivity contribution < 1.29 is 0 Å². The fourth-order valence-electron chi connectivity index (χ4n) is 10.6. The summed E-state index contributed by atoms with van der Waals surface area (Å²) in [6.45, 7) is 0. The Hall–Kier alpha value is -11.0. The fourth-order valence-corrected chi connectivity index (χ4v) is 10.6. The first-order chi connectivity index (χ1) is 39.7. The molecule has 13 aromatic rings. The van der Waals surface area contributed by atoms with E-state index in [0.29, 0.717) is 34.9 Å². The minimum atomic E-state index is 0.514. The highest BCUT2D eigenvalue weighted by Crippen LogP contribution is 2.57. The molecular weight excluding hydrogens is 979 g/mol.